The summed E-state index contributed by atoms with van der Waals surface area (Å²) in [5, 5.41) is 4.12. The first-order valence-corrected chi connectivity index (χ1v) is 5.06. The molecule has 0 amide bonds. The SMILES string of the molecule is O=C1CCCN(CCn2cccn2)C1. The van der Waals surface area contributed by atoms with Gasteiger partial charge in [0.25, 0.3) is 0 Å². The number of carbonyl (C=O) groups is 1. The number of aromatic nitrogens is 2. The molecule has 0 aromatic carbocycles. The van der Waals surface area contributed by atoms with Crippen LogP contribution < -0.4 is 0 Å². The van der Waals surface area contributed by atoms with Gasteiger partial charge in [-0.25, -0.2) is 0 Å². The van der Waals surface area contributed by atoms with E-state index in [1.54, 1.807) is 6.20 Å². The number of nitrogens with zero attached hydrogens (tertiary/aromatic N) is 3. The van der Waals surface area contributed by atoms with Crippen LogP contribution in [0.15, 0.2) is 18.5 Å². The molecular formula is C10H15N3O. The zero-order chi connectivity index (χ0) is 9.80. The topological polar surface area (TPSA) is 38.1 Å². The summed E-state index contributed by atoms with van der Waals surface area (Å²) in [5.41, 5.74) is 0. The van der Waals surface area contributed by atoms with Gasteiger partial charge in [-0.05, 0) is 19.0 Å². The lowest BCUT2D eigenvalue weighted by Gasteiger charge is -2.25. The van der Waals surface area contributed by atoms with Gasteiger partial charge in [0.1, 0.15) is 5.78 Å². The van der Waals surface area contributed by atoms with Crippen molar-refractivity contribution in [3.05, 3.63) is 18.5 Å². The van der Waals surface area contributed by atoms with E-state index in [1.807, 2.05) is 16.9 Å². The maximum atomic E-state index is 11.2. The lowest BCUT2D eigenvalue weighted by atomic mass is 10.1. The van der Waals surface area contributed by atoms with E-state index in [0.29, 0.717) is 12.3 Å². The van der Waals surface area contributed by atoms with E-state index in [-0.39, 0.29) is 0 Å². The fourth-order valence-electron chi connectivity index (χ4n) is 1.77. The maximum Gasteiger partial charge on any atom is 0.146 e. The first kappa shape index (κ1) is 9.40. The Hall–Kier alpha value is -1.16. The molecule has 0 spiro atoms. The Kier molecular flexibility index (Phi) is 2.93. The molecule has 4 heteroatoms. The summed E-state index contributed by atoms with van der Waals surface area (Å²) in [7, 11) is 0. The van der Waals surface area contributed by atoms with Crippen molar-refractivity contribution in [3.8, 4) is 0 Å². The minimum atomic E-state index is 0.372. The molecule has 0 bridgehead atoms. The lowest BCUT2D eigenvalue weighted by molar-refractivity contribution is -0.122. The second-order valence-corrected chi connectivity index (χ2v) is 3.69. The van der Waals surface area contributed by atoms with Gasteiger partial charge in [0, 0.05) is 25.4 Å². The van der Waals surface area contributed by atoms with Crippen molar-refractivity contribution in [3.63, 3.8) is 0 Å². The van der Waals surface area contributed by atoms with Crippen LogP contribution in [0.25, 0.3) is 0 Å². The van der Waals surface area contributed by atoms with Gasteiger partial charge < -0.3 is 0 Å². The van der Waals surface area contributed by atoms with Gasteiger partial charge in [0.2, 0.25) is 0 Å². The van der Waals surface area contributed by atoms with Crippen LogP contribution in [0.2, 0.25) is 0 Å². The molecule has 1 aliphatic rings. The number of Topliss-reactive ketones (excluding diaryl/α,β-unsaturated/α-hetero) is 1. The third-order valence-corrected chi connectivity index (χ3v) is 2.53. The van der Waals surface area contributed by atoms with Crippen LogP contribution in [0.1, 0.15) is 12.8 Å². The Morgan fingerprint density at radius 2 is 2.36 bits per heavy atom. The molecule has 4 nitrogen and oxygen atoms in total. The molecule has 2 rings (SSSR count). The van der Waals surface area contributed by atoms with Crippen LogP contribution >= 0.6 is 0 Å². The molecule has 0 atom stereocenters. The highest BCUT2D eigenvalue weighted by molar-refractivity contribution is 5.81. The molecule has 1 aromatic rings. The normalized spacial score (nSPS) is 18.7. The number of likely N-dealkylation sites (tertiary alicyclic amines) is 1. The fourth-order valence-corrected chi connectivity index (χ4v) is 1.77. The molecule has 1 fully saturated rings. The molecule has 14 heavy (non-hydrogen) atoms. The fraction of sp³-hybridized carbons (Fsp3) is 0.600. The molecule has 76 valence electrons. The van der Waals surface area contributed by atoms with E-state index in [1.165, 1.54) is 0 Å². The van der Waals surface area contributed by atoms with E-state index in [2.05, 4.69) is 10.00 Å². The summed E-state index contributed by atoms with van der Waals surface area (Å²) in [6.07, 6.45) is 5.50. The average Bonchev–Trinajstić information content (AvgIpc) is 2.67. The van der Waals surface area contributed by atoms with E-state index in [0.717, 1.165) is 32.5 Å². The predicted octanol–water partition coefficient (Wildman–Crippen LogP) is 0.548. The molecule has 1 aliphatic heterocycles. The molecule has 0 radical (unpaired) electrons. The van der Waals surface area contributed by atoms with Crippen molar-refractivity contribution >= 4 is 5.78 Å². The summed E-state index contributed by atoms with van der Waals surface area (Å²) in [6, 6.07) is 1.92. The van der Waals surface area contributed by atoms with Gasteiger partial charge in [-0.2, -0.15) is 5.10 Å². The Morgan fingerprint density at radius 3 is 3.07 bits per heavy atom. The van der Waals surface area contributed by atoms with E-state index in [9.17, 15) is 4.79 Å². The number of hydrogen-bond acceptors (Lipinski definition) is 3. The van der Waals surface area contributed by atoms with Gasteiger partial charge in [-0.15, -0.1) is 0 Å². The zero-order valence-corrected chi connectivity index (χ0v) is 8.22. The second-order valence-electron chi connectivity index (χ2n) is 3.69. The van der Waals surface area contributed by atoms with Crippen LogP contribution in [-0.2, 0) is 11.3 Å². The summed E-state index contributed by atoms with van der Waals surface area (Å²) in [4.78, 5) is 13.4. The Bertz CT molecular complexity index is 294. The van der Waals surface area contributed by atoms with E-state index >= 15 is 0 Å². The second kappa shape index (κ2) is 4.37. The van der Waals surface area contributed by atoms with Crippen LogP contribution in [0.5, 0.6) is 0 Å². The molecule has 0 N–H and O–H groups in total. The van der Waals surface area contributed by atoms with Crippen LogP contribution in [0.4, 0.5) is 0 Å². The number of rotatable bonds is 3. The quantitative estimate of drug-likeness (QED) is 0.703. The minimum Gasteiger partial charge on any atom is -0.298 e. The van der Waals surface area contributed by atoms with Crippen molar-refractivity contribution in [2.24, 2.45) is 0 Å². The number of carbonyl (C=O) groups excluding carboxylic acids is 1. The summed E-state index contributed by atoms with van der Waals surface area (Å²) in [5.74, 6) is 0.372. The maximum absolute atomic E-state index is 11.2. The van der Waals surface area contributed by atoms with Crippen molar-refractivity contribution in [2.75, 3.05) is 19.6 Å². The third kappa shape index (κ3) is 2.42. The van der Waals surface area contributed by atoms with Crippen LogP contribution in [0.3, 0.4) is 0 Å². The number of piperidine rings is 1. The molecule has 0 saturated carbocycles. The van der Waals surface area contributed by atoms with Gasteiger partial charge >= 0.3 is 0 Å². The van der Waals surface area contributed by atoms with Gasteiger partial charge in [-0.3, -0.25) is 14.4 Å². The van der Waals surface area contributed by atoms with Crippen molar-refractivity contribution in [1.82, 2.24) is 14.7 Å². The highest BCUT2D eigenvalue weighted by Crippen LogP contribution is 2.05. The molecule has 0 aliphatic carbocycles. The van der Waals surface area contributed by atoms with Gasteiger partial charge in [0.05, 0.1) is 13.1 Å². The highest BCUT2D eigenvalue weighted by atomic mass is 16.1. The molecule has 1 aromatic heterocycles. The molecular weight excluding hydrogens is 178 g/mol. The van der Waals surface area contributed by atoms with E-state index in [4.69, 9.17) is 0 Å². The summed E-state index contributed by atoms with van der Waals surface area (Å²) in [6.45, 7) is 3.47. The average molecular weight is 193 g/mol. The monoisotopic (exact) mass is 193 g/mol. The lowest BCUT2D eigenvalue weighted by Crippen LogP contribution is -2.37. The van der Waals surface area contributed by atoms with Crippen LogP contribution in [0, 0.1) is 0 Å². The Labute approximate surface area is 83.5 Å². The van der Waals surface area contributed by atoms with Crippen molar-refractivity contribution in [2.45, 2.75) is 19.4 Å². The number of hydrogen-bond donors (Lipinski definition) is 0. The summed E-state index contributed by atoms with van der Waals surface area (Å²) >= 11 is 0. The third-order valence-electron chi connectivity index (χ3n) is 2.53. The minimum absolute atomic E-state index is 0.372. The standard InChI is InChI=1S/C10H15N3O/c14-10-3-1-5-12(9-10)7-8-13-6-2-4-11-13/h2,4,6H,1,3,5,7-9H2. The van der Waals surface area contributed by atoms with E-state index < -0.39 is 0 Å². The zero-order valence-electron chi connectivity index (χ0n) is 8.22. The Balaban J connectivity index is 1.77. The molecule has 2 heterocycles. The smallest absolute Gasteiger partial charge is 0.146 e. The van der Waals surface area contributed by atoms with Gasteiger partial charge in [0.15, 0.2) is 0 Å². The Morgan fingerprint density at radius 1 is 1.43 bits per heavy atom. The highest BCUT2D eigenvalue weighted by Gasteiger charge is 2.15. The summed E-state index contributed by atoms with van der Waals surface area (Å²) < 4.78 is 1.90. The molecule has 1 saturated heterocycles. The van der Waals surface area contributed by atoms with Crippen LogP contribution in [-0.4, -0.2) is 40.1 Å². The van der Waals surface area contributed by atoms with Crippen molar-refractivity contribution < 1.29 is 4.79 Å². The van der Waals surface area contributed by atoms with Crippen molar-refractivity contribution in [1.29, 1.82) is 0 Å². The first-order chi connectivity index (χ1) is 6.84. The number of ketones is 1. The first-order valence-electron chi connectivity index (χ1n) is 5.06. The predicted molar refractivity (Wildman–Crippen MR) is 52.9 cm³/mol. The molecule has 0 unspecified atom stereocenters. The largest absolute Gasteiger partial charge is 0.298 e. The van der Waals surface area contributed by atoms with Gasteiger partial charge in [-0.1, -0.05) is 0 Å².